The van der Waals surface area contributed by atoms with E-state index < -0.39 is 8.07 Å². The number of piperidine rings is 1. The van der Waals surface area contributed by atoms with E-state index in [1.807, 2.05) is 4.90 Å². The molecule has 82 valence electrons. The van der Waals surface area contributed by atoms with E-state index in [1.54, 1.807) is 0 Å². The lowest BCUT2D eigenvalue weighted by Gasteiger charge is -2.41. The summed E-state index contributed by atoms with van der Waals surface area (Å²) in [7, 11) is 0.197. The fourth-order valence-corrected chi connectivity index (χ4v) is 4.41. The van der Waals surface area contributed by atoms with Gasteiger partial charge in [0.25, 0.3) is 0 Å². The first-order valence-electron chi connectivity index (χ1n) is 5.31. The Kier molecular flexibility index (Phi) is 3.58. The zero-order valence-corrected chi connectivity index (χ0v) is 10.7. The van der Waals surface area contributed by atoms with Crippen LogP contribution in [0.5, 0.6) is 0 Å². The lowest BCUT2D eigenvalue weighted by molar-refractivity contribution is 0.105. The summed E-state index contributed by atoms with van der Waals surface area (Å²) < 4.78 is 4.82. The second-order valence-corrected chi connectivity index (χ2v) is 10.4. The van der Waals surface area contributed by atoms with Gasteiger partial charge in [0.05, 0.1) is 15.2 Å². The largest absolute Gasteiger partial charge is 0.453 e. The fraction of sp³-hybridized carbons (Fsp3) is 0.900. The zero-order valence-electron chi connectivity index (χ0n) is 9.67. The smallest absolute Gasteiger partial charge is 0.409 e. The van der Waals surface area contributed by atoms with Crippen LogP contribution in [0.1, 0.15) is 19.3 Å². The minimum atomic E-state index is -1.27. The molecule has 0 aromatic carbocycles. The molecule has 1 rings (SSSR count). The van der Waals surface area contributed by atoms with Gasteiger partial charge in [0, 0.05) is 12.2 Å². The number of likely N-dealkylation sites (tertiary alicyclic amines) is 1. The van der Waals surface area contributed by atoms with Crippen molar-refractivity contribution in [2.24, 2.45) is 0 Å². The molecule has 1 fully saturated rings. The number of carbonyl (C=O) groups excluding carboxylic acids is 1. The van der Waals surface area contributed by atoms with Crippen LogP contribution in [0.4, 0.5) is 4.79 Å². The minimum absolute atomic E-state index is 0.142. The highest BCUT2D eigenvalue weighted by Gasteiger charge is 2.36. The maximum atomic E-state index is 11.5. The first-order valence-corrected chi connectivity index (χ1v) is 8.89. The van der Waals surface area contributed by atoms with Gasteiger partial charge < -0.3 is 9.64 Å². The molecule has 1 atom stereocenters. The quantitative estimate of drug-likeness (QED) is 0.629. The number of methoxy groups -OCH3 is 1. The Balaban J connectivity index is 2.74. The molecule has 0 aromatic heterocycles. The van der Waals surface area contributed by atoms with Crippen LogP contribution in [0.25, 0.3) is 0 Å². The van der Waals surface area contributed by atoms with E-state index in [2.05, 4.69) is 19.6 Å². The average Bonchev–Trinajstić information content (AvgIpc) is 2.15. The van der Waals surface area contributed by atoms with E-state index in [-0.39, 0.29) is 6.09 Å². The molecule has 0 saturated carbocycles. The lowest BCUT2D eigenvalue weighted by atomic mass is 10.1. The van der Waals surface area contributed by atoms with Crippen molar-refractivity contribution in [1.29, 1.82) is 0 Å². The van der Waals surface area contributed by atoms with E-state index >= 15 is 0 Å². The monoisotopic (exact) mass is 215 g/mol. The summed E-state index contributed by atoms with van der Waals surface area (Å²) in [5.74, 6) is 0. The molecule has 3 nitrogen and oxygen atoms in total. The molecule has 0 aromatic rings. The maximum absolute atomic E-state index is 11.5. The number of hydrogen-bond acceptors (Lipinski definition) is 2. The van der Waals surface area contributed by atoms with Crippen molar-refractivity contribution >= 4 is 14.2 Å². The highest BCUT2D eigenvalue weighted by Crippen LogP contribution is 2.25. The van der Waals surface area contributed by atoms with Gasteiger partial charge in [0.1, 0.15) is 0 Å². The van der Waals surface area contributed by atoms with E-state index in [0.717, 1.165) is 19.4 Å². The third kappa shape index (κ3) is 2.50. The van der Waals surface area contributed by atoms with Crippen LogP contribution in [-0.2, 0) is 4.74 Å². The molecule has 0 spiro atoms. The van der Waals surface area contributed by atoms with Crippen LogP contribution < -0.4 is 0 Å². The fourth-order valence-electron chi connectivity index (χ4n) is 2.17. The summed E-state index contributed by atoms with van der Waals surface area (Å²) >= 11 is 0. The van der Waals surface area contributed by atoms with Gasteiger partial charge in [-0.25, -0.2) is 4.79 Å². The Labute approximate surface area is 87.4 Å². The number of hydrogen-bond donors (Lipinski definition) is 0. The van der Waals surface area contributed by atoms with Crippen molar-refractivity contribution in [2.75, 3.05) is 13.7 Å². The van der Waals surface area contributed by atoms with Gasteiger partial charge in [-0.15, -0.1) is 0 Å². The minimum Gasteiger partial charge on any atom is -0.453 e. The van der Waals surface area contributed by atoms with E-state index in [4.69, 9.17) is 4.74 Å². The molecule has 1 aliphatic rings. The summed E-state index contributed by atoms with van der Waals surface area (Å²) in [5.41, 5.74) is 0.462. The third-order valence-corrected chi connectivity index (χ3v) is 5.51. The molecule has 0 N–H and O–H groups in total. The van der Waals surface area contributed by atoms with Crippen molar-refractivity contribution in [2.45, 2.75) is 44.6 Å². The number of rotatable bonds is 1. The molecule has 0 bridgehead atoms. The van der Waals surface area contributed by atoms with E-state index in [1.165, 1.54) is 13.5 Å². The predicted molar refractivity (Wildman–Crippen MR) is 60.1 cm³/mol. The molecule has 0 radical (unpaired) electrons. The summed E-state index contributed by atoms with van der Waals surface area (Å²) in [4.78, 5) is 13.5. The third-order valence-electron chi connectivity index (χ3n) is 2.91. The summed E-state index contributed by atoms with van der Waals surface area (Å²) in [6.45, 7) is 7.83. The van der Waals surface area contributed by atoms with Crippen LogP contribution in [0.3, 0.4) is 0 Å². The molecule has 14 heavy (non-hydrogen) atoms. The Morgan fingerprint density at radius 2 is 2.00 bits per heavy atom. The van der Waals surface area contributed by atoms with Crippen molar-refractivity contribution < 1.29 is 9.53 Å². The number of ether oxygens (including phenoxy) is 1. The molecule has 1 aliphatic heterocycles. The number of carbonyl (C=O) groups is 1. The topological polar surface area (TPSA) is 29.5 Å². The Morgan fingerprint density at radius 3 is 2.50 bits per heavy atom. The molecular weight excluding hydrogens is 194 g/mol. The number of nitrogens with zero attached hydrogens (tertiary/aromatic N) is 1. The van der Waals surface area contributed by atoms with Crippen molar-refractivity contribution in [1.82, 2.24) is 4.90 Å². The van der Waals surface area contributed by atoms with Crippen molar-refractivity contribution in [3.63, 3.8) is 0 Å². The van der Waals surface area contributed by atoms with Crippen molar-refractivity contribution in [3.05, 3.63) is 0 Å². The number of amides is 1. The second-order valence-electron chi connectivity index (χ2n) is 5.04. The lowest BCUT2D eigenvalue weighted by Crippen LogP contribution is -2.55. The van der Waals surface area contributed by atoms with Gasteiger partial charge in [0.2, 0.25) is 0 Å². The average molecular weight is 215 g/mol. The molecule has 0 aliphatic carbocycles. The molecule has 1 saturated heterocycles. The molecule has 1 unspecified atom stereocenters. The van der Waals surface area contributed by atoms with E-state index in [9.17, 15) is 4.79 Å². The summed E-state index contributed by atoms with van der Waals surface area (Å²) in [6.07, 6.45) is 3.39. The van der Waals surface area contributed by atoms with Gasteiger partial charge in [-0.3, -0.25) is 0 Å². The molecular formula is C10H21NO2Si. The summed E-state index contributed by atoms with van der Waals surface area (Å²) in [6, 6.07) is 0. The summed E-state index contributed by atoms with van der Waals surface area (Å²) in [5, 5.41) is 0. The van der Waals surface area contributed by atoms with Gasteiger partial charge >= 0.3 is 6.09 Å². The molecule has 1 amide bonds. The standard InChI is InChI=1S/C10H21NO2Si/c1-13-10(12)11-8-6-5-7-9(11)14(2,3)4/h9H,5-8H2,1-4H3. The van der Waals surface area contributed by atoms with E-state index in [0.29, 0.717) is 5.67 Å². The SMILES string of the molecule is COC(=O)N1CCCCC1[Si](C)(C)C. The normalized spacial score (nSPS) is 23.4. The highest BCUT2D eigenvalue weighted by atomic mass is 28.3. The van der Waals surface area contributed by atoms with Crippen LogP contribution in [-0.4, -0.2) is 38.4 Å². The van der Waals surface area contributed by atoms with Crippen LogP contribution >= 0.6 is 0 Å². The second kappa shape index (κ2) is 4.34. The van der Waals surface area contributed by atoms with Gasteiger partial charge in [-0.1, -0.05) is 19.6 Å². The van der Waals surface area contributed by atoms with Crippen LogP contribution in [0, 0.1) is 0 Å². The maximum Gasteiger partial charge on any atom is 0.409 e. The Bertz CT molecular complexity index is 213. The molecule has 4 heteroatoms. The zero-order chi connectivity index (χ0) is 10.8. The van der Waals surface area contributed by atoms with Gasteiger partial charge in [-0.2, -0.15) is 0 Å². The predicted octanol–water partition coefficient (Wildman–Crippen LogP) is 2.48. The van der Waals surface area contributed by atoms with Crippen LogP contribution in [0.2, 0.25) is 19.6 Å². The molecule has 1 heterocycles. The van der Waals surface area contributed by atoms with Gasteiger partial charge in [0.15, 0.2) is 0 Å². The highest BCUT2D eigenvalue weighted by molar-refractivity contribution is 6.77. The van der Waals surface area contributed by atoms with Gasteiger partial charge in [-0.05, 0) is 19.3 Å². The van der Waals surface area contributed by atoms with Crippen molar-refractivity contribution in [3.8, 4) is 0 Å². The van der Waals surface area contributed by atoms with Crippen LogP contribution in [0.15, 0.2) is 0 Å². The first kappa shape index (κ1) is 11.6. The Morgan fingerprint density at radius 1 is 1.36 bits per heavy atom. The Hall–Kier alpha value is -0.513. The first-order chi connectivity index (χ1) is 6.46.